The van der Waals surface area contributed by atoms with E-state index in [4.69, 9.17) is 20.8 Å². The highest BCUT2D eigenvalue weighted by Crippen LogP contribution is 2.34. The molecule has 0 unspecified atom stereocenters. The second kappa shape index (κ2) is 10.9. The molecule has 2 N–H and O–H groups in total. The number of amides is 3. The first-order chi connectivity index (χ1) is 18.3. The number of hydrogen-bond acceptors (Lipinski definition) is 5. The van der Waals surface area contributed by atoms with Gasteiger partial charge in [-0.15, -0.1) is 0 Å². The van der Waals surface area contributed by atoms with Gasteiger partial charge in [0.2, 0.25) is 5.91 Å². The fourth-order valence-electron chi connectivity index (χ4n) is 5.07. The maximum absolute atomic E-state index is 13.9. The topological polar surface area (TPSA) is 101 Å². The second-order valence-electron chi connectivity index (χ2n) is 9.41. The molecule has 10 heteroatoms. The third kappa shape index (κ3) is 5.24. The molecule has 2 bridgehead atoms. The lowest BCUT2D eigenvalue weighted by atomic mass is 10.1. The zero-order valence-electron chi connectivity index (χ0n) is 20.8. The van der Waals surface area contributed by atoms with Crippen molar-refractivity contribution < 1.29 is 27.9 Å². The van der Waals surface area contributed by atoms with E-state index < -0.39 is 11.7 Å². The number of rotatable bonds is 2. The molecular formula is C28H27ClFN3O5. The predicted molar refractivity (Wildman–Crippen MR) is 139 cm³/mol. The van der Waals surface area contributed by atoms with Crippen molar-refractivity contribution in [1.29, 1.82) is 0 Å². The van der Waals surface area contributed by atoms with E-state index >= 15 is 0 Å². The van der Waals surface area contributed by atoms with Crippen LogP contribution in [0.2, 0.25) is 5.02 Å². The second-order valence-corrected chi connectivity index (χ2v) is 9.82. The van der Waals surface area contributed by atoms with Gasteiger partial charge in [0.05, 0.1) is 22.7 Å². The van der Waals surface area contributed by atoms with Gasteiger partial charge in [0.15, 0.2) is 0 Å². The lowest BCUT2D eigenvalue weighted by Gasteiger charge is -2.30. The number of benzene rings is 2. The Kier molecular flexibility index (Phi) is 7.37. The van der Waals surface area contributed by atoms with Gasteiger partial charge in [0.1, 0.15) is 29.7 Å². The SMILES string of the molecule is Cc1oc(-c2ccccc2Cl)cc1C(=O)N1[C@@H]2CC[C@H]1CC(=O)NCCOc1ccc(F)cc1C(=O)NC2. The van der Waals surface area contributed by atoms with Gasteiger partial charge in [-0.3, -0.25) is 14.4 Å². The average molecular weight is 540 g/mol. The lowest BCUT2D eigenvalue weighted by molar-refractivity contribution is -0.122. The van der Waals surface area contributed by atoms with E-state index in [0.717, 1.165) is 6.07 Å². The van der Waals surface area contributed by atoms with Gasteiger partial charge in [0.25, 0.3) is 11.8 Å². The van der Waals surface area contributed by atoms with E-state index in [1.807, 2.05) is 18.2 Å². The third-order valence-electron chi connectivity index (χ3n) is 6.93. The van der Waals surface area contributed by atoms with E-state index in [2.05, 4.69) is 10.6 Å². The number of furan rings is 1. The fraction of sp³-hybridized carbons (Fsp3) is 0.321. The molecule has 3 heterocycles. The highest BCUT2D eigenvalue weighted by Gasteiger charge is 2.39. The summed E-state index contributed by atoms with van der Waals surface area (Å²) in [6.07, 6.45) is 1.30. The quantitative estimate of drug-likeness (QED) is 0.504. The number of halogens is 2. The van der Waals surface area contributed by atoms with E-state index in [0.29, 0.717) is 40.5 Å². The summed E-state index contributed by atoms with van der Waals surface area (Å²) in [6.45, 7) is 2.14. The van der Waals surface area contributed by atoms with Crippen LogP contribution in [0.5, 0.6) is 5.75 Å². The first-order valence-corrected chi connectivity index (χ1v) is 12.8. The van der Waals surface area contributed by atoms with Crippen molar-refractivity contribution in [2.45, 2.75) is 38.3 Å². The molecule has 3 aromatic rings. The number of nitrogens with one attached hydrogen (secondary N) is 2. The average Bonchev–Trinajstić information content (AvgIpc) is 3.48. The minimum atomic E-state index is -0.570. The Labute approximate surface area is 224 Å². The van der Waals surface area contributed by atoms with Crippen molar-refractivity contribution in [3.63, 3.8) is 0 Å². The molecule has 2 aliphatic heterocycles. The number of nitrogens with zero attached hydrogens (tertiary/aromatic N) is 1. The highest BCUT2D eigenvalue weighted by atomic mass is 35.5. The molecule has 5 rings (SSSR count). The highest BCUT2D eigenvalue weighted by molar-refractivity contribution is 6.33. The summed E-state index contributed by atoms with van der Waals surface area (Å²) < 4.78 is 25.5. The lowest BCUT2D eigenvalue weighted by Crippen LogP contribution is -2.48. The molecule has 0 spiro atoms. The zero-order valence-corrected chi connectivity index (χ0v) is 21.5. The Morgan fingerprint density at radius 3 is 2.66 bits per heavy atom. The molecule has 2 aliphatic rings. The van der Waals surface area contributed by atoms with E-state index in [1.165, 1.54) is 12.1 Å². The molecule has 1 aromatic heterocycles. The van der Waals surface area contributed by atoms with Crippen LogP contribution >= 0.6 is 11.6 Å². The molecule has 0 aliphatic carbocycles. The van der Waals surface area contributed by atoms with Crippen LogP contribution in [0.25, 0.3) is 11.3 Å². The zero-order chi connectivity index (χ0) is 26.8. The Bertz CT molecular complexity index is 1390. The van der Waals surface area contributed by atoms with Gasteiger partial charge in [-0.2, -0.15) is 0 Å². The van der Waals surface area contributed by atoms with E-state index in [-0.39, 0.29) is 61.3 Å². The predicted octanol–water partition coefficient (Wildman–Crippen LogP) is 4.35. The molecule has 198 valence electrons. The number of hydrogen-bond donors (Lipinski definition) is 2. The maximum atomic E-state index is 13.9. The molecule has 2 atom stereocenters. The standard InChI is InChI=1S/C28H27ClFN3O5/c1-16-21(14-25(38-16)20-4-2-3-5-23(20)29)28(36)33-18-7-8-19(33)15-32-27(35)22-12-17(30)6-9-24(22)37-11-10-31-26(34)13-18/h2-6,9,12,14,18-19H,7-8,10-11,13,15H2,1H3,(H,31,34)(H,32,35)/t18-,19+/m0/s1. The van der Waals surface area contributed by atoms with Crippen molar-refractivity contribution in [1.82, 2.24) is 15.5 Å². The van der Waals surface area contributed by atoms with Crippen molar-refractivity contribution in [3.8, 4) is 17.1 Å². The Morgan fingerprint density at radius 1 is 1.05 bits per heavy atom. The Hall–Kier alpha value is -3.85. The molecular weight excluding hydrogens is 513 g/mol. The van der Waals surface area contributed by atoms with Crippen molar-refractivity contribution in [3.05, 3.63) is 76.3 Å². The normalized spacial score (nSPS) is 20.1. The monoisotopic (exact) mass is 539 g/mol. The molecule has 1 saturated heterocycles. The number of fused-ring (bicyclic) bond motifs is 3. The van der Waals surface area contributed by atoms with E-state index in [1.54, 1.807) is 24.0 Å². The summed E-state index contributed by atoms with van der Waals surface area (Å²) in [5.41, 5.74) is 1.08. The molecule has 8 nitrogen and oxygen atoms in total. The summed E-state index contributed by atoms with van der Waals surface area (Å²) >= 11 is 6.34. The summed E-state index contributed by atoms with van der Waals surface area (Å²) in [7, 11) is 0. The van der Waals surface area contributed by atoms with Gasteiger partial charge < -0.3 is 24.7 Å². The van der Waals surface area contributed by atoms with Crippen LogP contribution in [0.1, 0.15) is 45.7 Å². The summed E-state index contributed by atoms with van der Waals surface area (Å²) in [6, 6.07) is 11.8. The van der Waals surface area contributed by atoms with Gasteiger partial charge in [-0.25, -0.2) is 4.39 Å². The molecule has 1 fully saturated rings. The third-order valence-corrected chi connectivity index (χ3v) is 7.26. The van der Waals surface area contributed by atoms with Crippen LogP contribution in [0.3, 0.4) is 0 Å². The Balaban J connectivity index is 1.45. The number of carbonyl (C=O) groups excluding carboxylic acids is 3. The molecule has 0 radical (unpaired) electrons. The smallest absolute Gasteiger partial charge is 0.257 e. The van der Waals surface area contributed by atoms with Gasteiger partial charge in [0, 0.05) is 30.6 Å². The maximum Gasteiger partial charge on any atom is 0.257 e. The van der Waals surface area contributed by atoms with Crippen molar-refractivity contribution in [2.75, 3.05) is 19.7 Å². The summed E-state index contributed by atoms with van der Waals surface area (Å²) in [5, 5.41) is 6.13. The summed E-state index contributed by atoms with van der Waals surface area (Å²) in [4.78, 5) is 41.3. The number of aryl methyl sites for hydroxylation is 1. The molecule has 38 heavy (non-hydrogen) atoms. The minimum Gasteiger partial charge on any atom is -0.491 e. The van der Waals surface area contributed by atoms with Gasteiger partial charge >= 0.3 is 0 Å². The van der Waals surface area contributed by atoms with Gasteiger partial charge in [-0.05, 0) is 56.2 Å². The fourth-order valence-corrected chi connectivity index (χ4v) is 5.30. The van der Waals surface area contributed by atoms with E-state index in [9.17, 15) is 18.8 Å². The van der Waals surface area contributed by atoms with Crippen LogP contribution in [-0.2, 0) is 4.79 Å². The molecule has 3 amide bonds. The van der Waals surface area contributed by atoms with Crippen molar-refractivity contribution in [2.24, 2.45) is 0 Å². The van der Waals surface area contributed by atoms with Crippen LogP contribution in [0.15, 0.2) is 52.9 Å². The molecule has 2 aromatic carbocycles. The summed E-state index contributed by atoms with van der Waals surface area (Å²) in [5.74, 6) is -0.460. The van der Waals surface area contributed by atoms with Crippen LogP contribution < -0.4 is 15.4 Å². The number of ether oxygens (including phenoxy) is 1. The largest absolute Gasteiger partial charge is 0.491 e. The minimum absolute atomic E-state index is 0.0517. The van der Waals surface area contributed by atoms with Crippen LogP contribution in [0, 0.1) is 12.7 Å². The van der Waals surface area contributed by atoms with Gasteiger partial charge in [-0.1, -0.05) is 23.7 Å². The van der Waals surface area contributed by atoms with Crippen molar-refractivity contribution >= 4 is 29.3 Å². The number of carbonyl (C=O) groups is 3. The first kappa shape index (κ1) is 25.8. The first-order valence-electron chi connectivity index (χ1n) is 12.5. The Morgan fingerprint density at radius 2 is 1.84 bits per heavy atom. The van der Waals surface area contributed by atoms with Crippen LogP contribution in [0.4, 0.5) is 4.39 Å². The van der Waals surface area contributed by atoms with Crippen LogP contribution in [-0.4, -0.2) is 54.4 Å². The molecule has 0 saturated carbocycles.